The molecule has 1 fully saturated rings. The highest BCUT2D eigenvalue weighted by molar-refractivity contribution is 6.13. The first-order valence-corrected chi connectivity index (χ1v) is 9.10. The number of carbonyl (C=O) groups excluding carboxylic acids is 3. The predicted octanol–water partition coefficient (Wildman–Crippen LogP) is 2.15. The van der Waals surface area contributed by atoms with Crippen molar-refractivity contribution in [2.45, 2.75) is 18.9 Å². The number of benzene rings is 2. The molecule has 0 aliphatic carbocycles. The van der Waals surface area contributed by atoms with Gasteiger partial charge >= 0.3 is 0 Å². The second kappa shape index (κ2) is 7.16. The summed E-state index contributed by atoms with van der Waals surface area (Å²) in [6.07, 6.45) is 1.38. The maximum atomic E-state index is 13.1. The van der Waals surface area contributed by atoms with Gasteiger partial charge < -0.3 is 15.1 Å². The van der Waals surface area contributed by atoms with Gasteiger partial charge in [0.1, 0.15) is 12.6 Å². The molecule has 2 aliphatic rings. The largest absolute Gasteiger partial charge is 0.327 e. The molecule has 0 spiro atoms. The molecule has 140 valence electrons. The first-order chi connectivity index (χ1) is 13.6. The number of amides is 3. The molecular formula is C21H18N4O3. The number of para-hydroxylation sites is 1. The van der Waals surface area contributed by atoms with Crippen LogP contribution in [0.5, 0.6) is 0 Å². The third-order valence-corrected chi connectivity index (χ3v) is 5.09. The molecule has 3 amide bonds. The first kappa shape index (κ1) is 17.7. The molecule has 2 aromatic carbocycles. The maximum absolute atomic E-state index is 13.1. The maximum Gasteiger partial charge on any atom is 0.256 e. The smallest absolute Gasteiger partial charge is 0.256 e. The topological polar surface area (TPSA) is 93.5 Å². The molecule has 7 heteroatoms. The van der Waals surface area contributed by atoms with Crippen LogP contribution < -0.4 is 10.2 Å². The second-order valence-corrected chi connectivity index (χ2v) is 6.84. The van der Waals surface area contributed by atoms with Crippen molar-refractivity contribution in [2.75, 3.05) is 23.3 Å². The molecular weight excluding hydrogens is 356 g/mol. The van der Waals surface area contributed by atoms with Crippen molar-refractivity contribution in [3.63, 3.8) is 0 Å². The van der Waals surface area contributed by atoms with Crippen LogP contribution in [-0.2, 0) is 9.59 Å². The summed E-state index contributed by atoms with van der Waals surface area (Å²) in [6, 6.07) is 14.9. The van der Waals surface area contributed by atoms with Crippen LogP contribution in [0.4, 0.5) is 11.4 Å². The van der Waals surface area contributed by atoms with Crippen LogP contribution in [0.3, 0.4) is 0 Å². The number of fused-ring (bicyclic) bond motifs is 2. The Kier molecular flexibility index (Phi) is 4.53. The minimum atomic E-state index is -0.525. The van der Waals surface area contributed by atoms with Crippen molar-refractivity contribution in [3.8, 4) is 6.07 Å². The zero-order chi connectivity index (χ0) is 19.7. The average Bonchev–Trinajstić information content (AvgIpc) is 3.19. The normalized spacial score (nSPS) is 18.2. The van der Waals surface area contributed by atoms with Gasteiger partial charge in [-0.2, -0.15) is 5.26 Å². The Labute approximate surface area is 162 Å². The summed E-state index contributed by atoms with van der Waals surface area (Å²) >= 11 is 0. The number of hydrogen-bond donors (Lipinski definition) is 1. The lowest BCUT2D eigenvalue weighted by atomic mass is 10.1. The van der Waals surface area contributed by atoms with Gasteiger partial charge in [0, 0.05) is 12.2 Å². The van der Waals surface area contributed by atoms with E-state index >= 15 is 0 Å². The highest BCUT2D eigenvalue weighted by atomic mass is 16.2. The zero-order valence-electron chi connectivity index (χ0n) is 15.1. The molecule has 7 nitrogen and oxygen atoms in total. The summed E-state index contributed by atoms with van der Waals surface area (Å²) in [5.41, 5.74) is 1.93. The van der Waals surface area contributed by atoms with Gasteiger partial charge in [0.25, 0.3) is 5.91 Å². The van der Waals surface area contributed by atoms with Crippen LogP contribution in [0.15, 0.2) is 48.5 Å². The summed E-state index contributed by atoms with van der Waals surface area (Å²) < 4.78 is 0. The Bertz CT molecular complexity index is 993. The number of nitriles is 1. The molecule has 1 saturated heterocycles. The van der Waals surface area contributed by atoms with E-state index in [1.54, 1.807) is 53.4 Å². The Hall–Kier alpha value is -3.66. The minimum absolute atomic E-state index is 0.165. The molecule has 1 atom stereocenters. The van der Waals surface area contributed by atoms with Gasteiger partial charge in [-0.05, 0) is 49.2 Å². The van der Waals surface area contributed by atoms with E-state index in [1.165, 1.54) is 4.90 Å². The summed E-state index contributed by atoms with van der Waals surface area (Å²) in [5.74, 6) is -0.765. The van der Waals surface area contributed by atoms with Crippen LogP contribution in [0.2, 0.25) is 0 Å². The molecule has 1 N–H and O–H groups in total. The Morgan fingerprint density at radius 3 is 2.64 bits per heavy atom. The molecule has 0 radical (unpaired) electrons. The lowest BCUT2D eigenvalue weighted by molar-refractivity contribution is -0.124. The van der Waals surface area contributed by atoms with E-state index in [0.717, 1.165) is 6.42 Å². The van der Waals surface area contributed by atoms with Crippen LogP contribution in [0, 0.1) is 11.3 Å². The second-order valence-electron chi connectivity index (χ2n) is 6.84. The standard InChI is InChI=1S/C21H18N4O3/c22-12-14-7-9-15(10-8-14)23-19(26)13-25-17-5-2-1-4-16(17)20(27)24-11-3-6-18(24)21(25)28/h1-2,4-5,7-10,18H,3,6,11,13H2,(H,23,26). The fourth-order valence-corrected chi connectivity index (χ4v) is 3.75. The molecule has 4 rings (SSSR count). The molecule has 28 heavy (non-hydrogen) atoms. The van der Waals surface area contributed by atoms with Crippen LogP contribution >= 0.6 is 0 Å². The third-order valence-electron chi connectivity index (χ3n) is 5.09. The molecule has 2 aliphatic heterocycles. The Balaban J connectivity index is 1.60. The van der Waals surface area contributed by atoms with Gasteiger partial charge in [-0.25, -0.2) is 0 Å². The van der Waals surface area contributed by atoms with E-state index in [9.17, 15) is 14.4 Å². The average molecular weight is 374 g/mol. The van der Waals surface area contributed by atoms with Crippen molar-refractivity contribution in [2.24, 2.45) is 0 Å². The number of anilines is 2. The van der Waals surface area contributed by atoms with E-state index in [1.807, 2.05) is 6.07 Å². The first-order valence-electron chi connectivity index (χ1n) is 9.10. The molecule has 0 bridgehead atoms. The van der Waals surface area contributed by atoms with Crippen molar-refractivity contribution in [1.82, 2.24) is 4.90 Å². The Morgan fingerprint density at radius 1 is 1.14 bits per heavy atom. The number of carbonyl (C=O) groups is 3. The molecule has 1 unspecified atom stereocenters. The van der Waals surface area contributed by atoms with Crippen molar-refractivity contribution in [3.05, 3.63) is 59.7 Å². The summed E-state index contributed by atoms with van der Waals surface area (Å²) in [4.78, 5) is 41.6. The van der Waals surface area contributed by atoms with Gasteiger partial charge in [-0.3, -0.25) is 14.4 Å². The highest BCUT2D eigenvalue weighted by Gasteiger charge is 2.42. The van der Waals surface area contributed by atoms with E-state index in [2.05, 4.69) is 5.32 Å². The minimum Gasteiger partial charge on any atom is -0.327 e. The van der Waals surface area contributed by atoms with Crippen molar-refractivity contribution >= 4 is 29.1 Å². The molecule has 0 saturated carbocycles. The van der Waals surface area contributed by atoms with Crippen LogP contribution in [-0.4, -0.2) is 41.8 Å². The van der Waals surface area contributed by atoms with Gasteiger partial charge in [0.15, 0.2) is 0 Å². The van der Waals surface area contributed by atoms with E-state index < -0.39 is 6.04 Å². The van der Waals surface area contributed by atoms with E-state index in [0.29, 0.717) is 35.5 Å². The summed E-state index contributed by atoms with van der Waals surface area (Å²) in [6.45, 7) is 0.363. The van der Waals surface area contributed by atoms with Crippen molar-refractivity contribution in [1.29, 1.82) is 5.26 Å². The van der Waals surface area contributed by atoms with Gasteiger partial charge in [-0.1, -0.05) is 12.1 Å². The predicted molar refractivity (Wildman–Crippen MR) is 103 cm³/mol. The highest BCUT2D eigenvalue weighted by Crippen LogP contribution is 2.32. The van der Waals surface area contributed by atoms with Gasteiger partial charge in [-0.15, -0.1) is 0 Å². The molecule has 2 aromatic rings. The fourth-order valence-electron chi connectivity index (χ4n) is 3.75. The zero-order valence-corrected chi connectivity index (χ0v) is 15.1. The lowest BCUT2D eigenvalue weighted by Gasteiger charge is -2.25. The fraction of sp³-hybridized carbons (Fsp3) is 0.238. The van der Waals surface area contributed by atoms with E-state index in [-0.39, 0.29) is 24.3 Å². The van der Waals surface area contributed by atoms with Gasteiger partial charge in [0.05, 0.1) is 22.9 Å². The molecule has 2 heterocycles. The van der Waals surface area contributed by atoms with Crippen molar-refractivity contribution < 1.29 is 14.4 Å². The Morgan fingerprint density at radius 2 is 1.89 bits per heavy atom. The van der Waals surface area contributed by atoms with E-state index in [4.69, 9.17) is 5.26 Å². The molecule has 0 aromatic heterocycles. The third kappa shape index (κ3) is 3.09. The monoisotopic (exact) mass is 374 g/mol. The SMILES string of the molecule is N#Cc1ccc(NC(=O)CN2C(=O)C3CCCN3C(=O)c3ccccc32)cc1. The van der Waals surface area contributed by atoms with Gasteiger partial charge in [0.2, 0.25) is 11.8 Å². The number of nitrogens with one attached hydrogen (secondary N) is 1. The summed E-state index contributed by atoms with van der Waals surface area (Å²) in [5, 5.41) is 11.6. The van der Waals surface area contributed by atoms with Crippen LogP contribution in [0.25, 0.3) is 0 Å². The number of rotatable bonds is 3. The lowest BCUT2D eigenvalue weighted by Crippen LogP contribution is -2.47. The number of nitrogens with zero attached hydrogens (tertiary/aromatic N) is 3. The number of hydrogen-bond acceptors (Lipinski definition) is 4. The van der Waals surface area contributed by atoms with Crippen LogP contribution in [0.1, 0.15) is 28.8 Å². The summed E-state index contributed by atoms with van der Waals surface area (Å²) in [7, 11) is 0. The quantitative estimate of drug-likeness (QED) is 0.891.